The Hall–Kier alpha value is -3.85. The number of aliphatic imine (C=N–C) groups is 1. The van der Waals surface area contributed by atoms with Crippen molar-refractivity contribution in [3.05, 3.63) is 70.7 Å². The number of nitrogens with one attached hydrogen (secondary N) is 2. The van der Waals surface area contributed by atoms with Gasteiger partial charge in [0.15, 0.2) is 11.6 Å². The van der Waals surface area contributed by atoms with Gasteiger partial charge in [-0.2, -0.15) is 5.10 Å². The van der Waals surface area contributed by atoms with E-state index in [1.165, 1.54) is 0 Å². The van der Waals surface area contributed by atoms with Crippen LogP contribution in [0.3, 0.4) is 0 Å². The third-order valence-electron chi connectivity index (χ3n) is 5.20. The van der Waals surface area contributed by atoms with Gasteiger partial charge in [0.25, 0.3) is 5.91 Å². The second kappa shape index (κ2) is 10.2. The summed E-state index contributed by atoms with van der Waals surface area (Å²) in [5.74, 6) is -0.245. The van der Waals surface area contributed by atoms with Crippen molar-refractivity contribution in [3.8, 4) is 0 Å². The molecule has 0 bridgehead atoms. The molecule has 1 saturated heterocycles. The number of aromatic nitrogens is 2. The molecule has 1 aliphatic rings. The predicted molar refractivity (Wildman–Crippen MR) is 126 cm³/mol. The first-order chi connectivity index (χ1) is 16.0. The minimum Gasteiger partial charge on any atom is -0.445 e. The van der Waals surface area contributed by atoms with E-state index in [1.54, 1.807) is 35.4 Å². The summed E-state index contributed by atoms with van der Waals surface area (Å²) in [6, 6.07) is 16.2. The molecule has 1 atom stereocenters. The summed E-state index contributed by atoms with van der Waals surface area (Å²) in [4.78, 5) is 30.7. The zero-order valence-corrected chi connectivity index (χ0v) is 18.5. The number of hydrogen-bond acceptors (Lipinski definition) is 6. The lowest BCUT2D eigenvalue weighted by Gasteiger charge is -2.21. The second-order valence-electron chi connectivity index (χ2n) is 7.52. The van der Waals surface area contributed by atoms with E-state index >= 15 is 0 Å². The van der Waals surface area contributed by atoms with Gasteiger partial charge in [0.1, 0.15) is 12.2 Å². The van der Waals surface area contributed by atoms with Crippen molar-refractivity contribution < 1.29 is 14.3 Å². The topological polar surface area (TPSA) is 126 Å². The van der Waals surface area contributed by atoms with Gasteiger partial charge in [-0.05, 0) is 36.6 Å². The van der Waals surface area contributed by atoms with Crippen molar-refractivity contribution in [2.75, 3.05) is 11.9 Å². The van der Waals surface area contributed by atoms with Crippen molar-refractivity contribution in [1.82, 2.24) is 15.1 Å². The van der Waals surface area contributed by atoms with E-state index in [0.29, 0.717) is 17.3 Å². The largest absolute Gasteiger partial charge is 0.445 e. The van der Waals surface area contributed by atoms with Crippen LogP contribution in [-0.4, -0.2) is 45.9 Å². The lowest BCUT2D eigenvalue weighted by atomic mass is 10.2. The number of carbonyl (C=O) groups is 2. The summed E-state index contributed by atoms with van der Waals surface area (Å²) in [5, 5.41) is 10.4. The van der Waals surface area contributed by atoms with Crippen LogP contribution in [0.2, 0.25) is 5.02 Å². The lowest BCUT2D eigenvalue weighted by Crippen LogP contribution is -2.36. The van der Waals surface area contributed by atoms with Crippen molar-refractivity contribution in [3.63, 3.8) is 0 Å². The zero-order chi connectivity index (χ0) is 23.2. The van der Waals surface area contributed by atoms with Crippen LogP contribution in [-0.2, 0) is 11.3 Å². The number of H-pyrrole nitrogens is 1. The van der Waals surface area contributed by atoms with Crippen molar-refractivity contribution >= 4 is 47.1 Å². The van der Waals surface area contributed by atoms with Gasteiger partial charge >= 0.3 is 6.09 Å². The standard InChI is InChI=1S/C23H23ClN6O3/c24-16-8-4-9-17(12-16)27-22-19(20(25)31)21(28-29-22)26-13-18-10-5-11-30(18)23(32)33-14-15-6-2-1-3-7-15/h1-4,6-9,12-13,18H,5,10-11,14H2,(H2,25,31)(H2,27,28,29)/b26-13+. The molecule has 170 valence electrons. The van der Waals surface area contributed by atoms with Gasteiger partial charge in [-0.15, -0.1) is 0 Å². The van der Waals surface area contributed by atoms with E-state index in [4.69, 9.17) is 22.1 Å². The number of nitrogens with zero attached hydrogens (tertiary/aromatic N) is 3. The first-order valence-corrected chi connectivity index (χ1v) is 10.8. The number of aromatic amines is 1. The van der Waals surface area contributed by atoms with Gasteiger partial charge in [0.2, 0.25) is 0 Å². The average Bonchev–Trinajstić information content (AvgIpc) is 3.43. The first-order valence-electron chi connectivity index (χ1n) is 10.4. The number of hydrogen-bond donors (Lipinski definition) is 3. The summed E-state index contributed by atoms with van der Waals surface area (Å²) < 4.78 is 5.45. The van der Waals surface area contributed by atoms with Gasteiger partial charge in [-0.1, -0.05) is 48.0 Å². The van der Waals surface area contributed by atoms with Crippen LogP contribution in [0.4, 0.5) is 22.1 Å². The highest BCUT2D eigenvalue weighted by atomic mass is 35.5. The molecule has 33 heavy (non-hydrogen) atoms. The Morgan fingerprint density at radius 2 is 2.09 bits per heavy atom. The number of primary amides is 1. The minimum absolute atomic E-state index is 0.113. The Morgan fingerprint density at radius 3 is 2.85 bits per heavy atom. The SMILES string of the molecule is NC(=O)c1c(Nc2cccc(Cl)c2)n[nH]c1/N=C/C1CCCN1C(=O)OCc1ccccc1. The molecule has 1 aliphatic heterocycles. The van der Waals surface area contributed by atoms with E-state index < -0.39 is 12.0 Å². The molecule has 2 heterocycles. The molecule has 2 amide bonds. The molecule has 1 fully saturated rings. The van der Waals surface area contributed by atoms with Gasteiger partial charge in [0, 0.05) is 23.5 Å². The average molecular weight is 467 g/mol. The normalized spacial score (nSPS) is 15.7. The molecule has 0 saturated carbocycles. The molecule has 10 heteroatoms. The third-order valence-corrected chi connectivity index (χ3v) is 5.43. The number of carbonyl (C=O) groups excluding carboxylic acids is 2. The molecule has 3 aromatic rings. The van der Waals surface area contributed by atoms with Crippen LogP contribution < -0.4 is 11.1 Å². The lowest BCUT2D eigenvalue weighted by molar-refractivity contribution is 0.0990. The third kappa shape index (κ3) is 5.50. The van der Waals surface area contributed by atoms with Crippen molar-refractivity contribution in [2.24, 2.45) is 10.7 Å². The number of halogens is 1. The van der Waals surface area contributed by atoms with Crippen LogP contribution in [0, 0.1) is 0 Å². The van der Waals surface area contributed by atoms with Crippen LogP contribution in [0.5, 0.6) is 0 Å². The summed E-state index contributed by atoms with van der Waals surface area (Å²) in [7, 11) is 0. The number of likely N-dealkylation sites (tertiary alicyclic amines) is 1. The highest BCUT2D eigenvalue weighted by molar-refractivity contribution is 6.30. The minimum atomic E-state index is -0.689. The van der Waals surface area contributed by atoms with E-state index in [1.807, 2.05) is 30.3 Å². The second-order valence-corrected chi connectivity index (χ2v) is 7.95. The monoisotopic (exact) mass is 466 g/mol. The highest BCUT2D eigenvalue weighted by Gasteiger charge is 2.29. The summed E-state index contributed by atoms with van der Waals surface area (Å²) in [5.41, 5.74) is 7.25. The van der Waals surface area contributed by atoms with E-state index in [-0.39, 0.29) is 29.8 Å². The molecule has 0 radical (unpaired) electrons. The first kappa shape index (κ1) is 22.3. The fraction of sp³-hybridized carbons (Fsp3) is 0.217. The smallest absolute Gasteiger partial charge is 0.410 e. The van der Waals surface area contributed by atoms with Gasteiger partial charge in [-0.3, -0.25) is 9.89 Å². The fourth-order valence-corrected chi connectivity index (χ4v) is 3.78. The van der Waals surface area contributed by atoms with E-state index in [0.717, 1.165) is 18.4 Å². The van der Waals surface area contributed by atoms with Gasteiger partial charge in [-0.25, -0.2) is 9.79 Å². The Labute approximate surface area is 195 Å². The summed E-state index contributed by atoms with van der Waals surface area (Å²) >= 11 is 6.01. The molecule has 9 nitrogen and oxygen atoms in total. The molecule has 4 N–H and O–H groups in total. The van der Waals surface area contributed by atoms with Crippen molar-refractivity contribution in [1.29, 1.82) is 0 Å². The molecule has 1 aromatic heterocycles. The molecule has 4 rings (SSSR count). The van der Waals surface area contributed by atoms with Gasteiger partial charge < -0.3 is 20.7 Å². The quantitative estimate of drug-likeness (QED) is 0.444. The maximum absolute atomic E-state index is 12.6. The molecular formula is C23H23ClN6O3. The van der Waals surface area contributed by atoms with E-state index in [2.05, 4.69) is 20.5 Å². The van der Waals surface area contributed by atoms with Gasteiger partial charge in [0.05, 0.1) is 6.04 Å². The Bertz CT molecular complexity index is 1160. The number of anilines is 2. The predicted octanol–water partition coefficient (Wildman–Crippen LogP) is 4.41. The maximum Gasteiger partial charge on any atom is 0.410 e. The number of benzene rings is 2. The molecule has 1 unspecified atom stereocenters. The van der Waals surface area contributed by atoms with Crippen LogP contribution in [0.15, 0.2) is 59.6 Å². The maximum atomic E-state index is 12.6. The fourth-order valence-electron chi connectivity index (χ4n) is 3.59. The van der Waals surface area contributed by atoms with Crippen LogP contribution >= 0.6 is 11.6 Å². The van der Waals surface area contributed by atoms with E-state index in [9.17, 15) is 9.59 Å². The Balaban J connectivity index is 1.45. The Morgan fingerprint density at radius 1 is 1.27 bits per heavy atom. The number of ether oxygens (including phenoxy) is 1. The Kier molecular flexibility index (Phi) is 6.89. The number of nitrogens with two attached hydrogens (primary N) is 1. The molecule has 0 spiro atoms. The summed E-state index contributed by atoms with van der Waals surface area (Å²) in [6.07, 6.45) is 2.76. The molecule has 2 aromatic carbocycles. The zero-order valence-electron chi connectivity index (χ0n) is 17.7. The highest BCUT2D eigenvalue weighted by Crippen LogP contribution is 2.28. The number of amides is 2. The van der Waals surface area contributed by atoms with Crippen LogP contribution in [0.25, 0.3) is 0 Å². The van der Waals surface area contributed by atoms with Crippen LogP contribution in [0.1, 0.15) is 28.8 Å². The number of rotatable bonds is 7. The summed E-state index contributed by atoms with van der Waals surface area (Å²) in [6.45, 7) is 0.766. The van der Waals surface area contributed by atoms with Crippen molar-refractivity contribution in [2.45, 2.75) is 25.5 Å². The molecular weight excluding hydrogens is 444 g/mol. The molecule has 0 aliphatic carbocycles.